The summed E-state index contributed by atoms with van der Waals surface area (Å²) in [5.41, 5.74) is 7.99. The molecule has 16 heavy (non-hydrogen) atoms. The van der Waals surface area contributed by atoms with Crippen molar-refractivity contribution in [3.63, 3.8) is 0 Å². The third-order valence-electron chi connectivity index (χ3n) is 2.62. The Morgan fingerprint density at radius 3 is 2.25 bits per heavy atom. The van der Waals surface area contributed by atoms with Crippen LogP contribution in [0.15, 0.2) is 24.3 Å². The second kappa shape index (κ2) is 7.39. The highest BCUT2D eigenvalue weighted by Crippen LogP contribution is 2.07. The number of hydrogen-bond donors (Lipinski definition) is 2. The van der Waals surface area contributed by atoms with Crippen molar-refractivity contribution in [3.05, 3.63) is 35.4 Å². The molecule has 0 aliphatic heterocycles. The predicted octanol–water partition coefficient (Wildman–Crippen LogP) is 1.35. The molecule has 0 aliphatic carbocycles. The van der Waals surface area contributed by atoms with Gasteiger partial charge in [0.2, 0.25) is 0 Å². The molecule has 3 N–H and O–H groups in total. The third-order valence-corrected chi connectivity index (χ3v) is 2.62. The molecule has 1 aromatic carbocycles. The van der Waals surface area contributed by atoms with Crippen molar-refractivity contribution in [2.75, 3.05) is 19.7 Å². The van der Waals surface area contributed by atoms with Crippen molar-refractivity contribution in [1.29, 1.82) is 0 Å². The third kappa shape index (κ3) is 4.31. The second-order valence-corrected chi connectivity index (χ2v) is 4.02. The zero-order valence-corrected chi connectivity index (χ0v) is 10.0. The summed E-state index contributed by atoms with van der Waals surface area (Å²) in [7, 11) is 0. The van der Waals surface area contributed by atoms with Gasteiger partial charge in [0.25, 0.3) is 0 Å². The van der Waals surface area contributed by atoms with Crippen LogP contribution in [-0.2, 0) is 13.1 Å². The van der Waals surface area contributed by atoms with Crippen molar-refractivity contribution in [3.8, 4) is 0 Å². The highest BCUT2D eigenvalue weighted by molar-refractivity contribution is 5.22. The highest BCUT2D eigenvalue weighted by atomic mass is 16.3. The van der Waals surface area contributed by atoms with Gasteiger partial charge in [-0.2, -0.15) is 0 Å². The minimum Gasteiger partial charge on any atom is -0.395 e. The first-order valence-corrected chi connectivity index (χ1v) is 5.91. The van der Waals surface area contributed by atoms with Gasteiger partial charge in [-0.15, -0.1) is 0 Å². The van der Waals surface area contributed by atoms with Gasteiger partial charge in [-0.25, -0.2) is 0 Å². The summed E-state index contributed by atoms with van der Waals surface area (Å²) in [6.45, 7) is 5.64. The molecule has 0 bridgehead atoms. The first-order valence-electron chi connectivity index (χ1n) is 5.91. The highest BCUT2D eigenvalue weighted by Gasteiger charge is 2.03. The summed E-state index contributed by atoms with van der Waals surface area (Å²) in [5.74, 6) is 0. The molecule has 0 radical (unpaired) electrons. The number of nitrogens with zero attached hydrogens (tertiary/aromatic N) is 1. The Morgan fingerprint density at radius 2 is 1.75 bits per heavy atom. The molecule has 0 amide bonds. The molecule has 3 nitrogen and oxygen atoms in total. The van der Waals surface area contributed by atoms with Crippen LogP contribution in [-0.4, -0.2) is 29.7 Å². The molecule has 3 heteroatoms. The van der Waals surface area contributed by atoms with Gasteiger partial charge in [0.15, 0.2) is 0 Å². The van der Waals surface area contributed by atoms with Crippen molar-refractivity contribution in [2.24, 2.45) is 5.73 Å². The standard InChI is InChI=1S/C13H22N2O/c1-2-7-15(8-9-16)11-13-5-3-12(10-14)4-6-13/h3-6,16H,2,7-11,14H2,1H3. The average molecular weight is 222 g/mol. The Balaban J connectivity index is 2.54. The Hall–Kier alpha value is -0.900. The van der Waals surface area contributed by atoms with E-state index in [0.29, 0.717) is 6.54 Å². The fourth-order valence-corrected chi connectivity index (χ4v) is 1.77. The number of aliphatic hydroxyl groups is 1. The Labute approximate surface area is 97.9 Å². The number of hydrogen-bond acceptors (Lipinski definition) is 3. The van der Waals surface area contributed by atoms with E-state index in [9.17, 15) is 0 Å². The van der Waals surface area contributed by atoms with Crippen LogP contribution in [0.4, 0.5) is 0 Å². The van der Waals surface area contributed by atoms with E-state index in [1.54, 1.807) is 0 Å². The fraction of sp³-hybridized carbons (Fsp3) is 0.538. The molecule has 0 heterocycles. The largest absolute Gasteiger partial charge is 0.395 e. The van der Waals surface area contributed by atoms with E-state index in [1.807, 2.05) is 0 Å². The minimum absolute atomic E-state index is 0.223. The number of benzene rings is 1. The maximum atomic E-state index is 8.97. The second-order valence-electron chi connectivity index (χ2n) is 4.02. The van der Waals surface area contributed by atoms with Crippen LogP contribution >= 0.6 is 0 Å². The summed E-state index contributed by atoms with van der Waals surface area (Å²) < 4.78 is 0. The molecule has 1 aromatic rings. The minimum atomic E-state index is 0.223. The van der Waals surface area contributed by atoms with Crippen molar-refractivity contribution < 1.29 is 5.11 Å². The van der Waals surface area contributed by atoms with Gasteiger partial charge >= 0.3 is 0 Å². The molecule has 90 valence electrons. The summed E-state index contributed by atoms with van der Waals surface area (Å²) in [4.78, 5) is 2.26. The van der Waals surface area contributed by atoms with E-state index in [-0.39, 0.29) is 6.61 Å². The monoisotopic (exact) mass is 222 g/mol. The van der Waals surface area contributed by atoms with Crippen molar-refractivity contribution >= 4 is 0 Å². The SMILES string of the molecule is CCCN(CCO)Cc1ccc(CN)cc1. The zero-order valence-electron chi connectivity index (χ0n) is 10.0. The average Bonchev–Trinajstić information content (AvgIpc) is 2.31. The topological polar surface area (TPSA) is 49.5 Å². The lowest BCUT2D eigenvalue weighted by Gasteiger charge is -2.20. The van der Waals surface area contributed by atoms with Gasteiger partial charge in [-0.05, 0) is 24.1 Å². The van der Waals surface area contributed by atoms with Crippen LogP contribution in [0, 0.1) is 0 Å². The van der Waals surface area contributed by atoms with E-state index < -0.39 is 0 Å². The van der Waals surface area contributed by atoms with Crippen LogP contribution in [0.25, 0.3) is 0 Å². The Bertz CT molecular complexity index is 278. The molecule has 0 aliphatic rings. The summed E-state index contributed by atoms with van der Waals surface area (Å²) in [6, 6.07) is 8.36. The van der Waals surface area contributed by atoms with Gasteiger partial charge in [-0.1, -0.05) is 31.2 Å². The first kappa shape index (κ1) is 13.2. The smallest absolute Gasteiger partial charge is 0.0558 e. The number of rotatable bonds is 7. The molecule has 0 aromatic heterocycles. The summed E-state index contributed by atoms with van der Waals surface area (Å²) >= 11 is 0. The lowest BCUT2D eigenvalue weighted by molar-refractivity contribution is 0.190. The van der Waals surface area contributed by atoms with Gasteiger partial charge in [0.1, 0.15) is 0 Å². The Morgan fingerprint density at radius 1 is 1.12 bits per heavy atom. The van der Waals surface area contributed by atoms with Crippen LogP contribution in [0.5, 0.6) is 0 Å². The molecule has 0 saturated carbocycles. The molecule has 1 rings (SSSR count). The molecular formula is C13H22N2O. The molecule has 0 fully saturated rings. The maximum absolute atomic E-state index is 8.97. The van der Waals surface area contributed by atoms with Gasteiger partial charge in [0, 0.05) is 19.6 Å². The maximum Gasteiger partial charge on any atom is 0.0558 e. The number of aliphatic hydroxyl groups excluding tert-OH is 1. The molecule has 0 spiro atoms. The Kier molecular flexibility index (Phi) is 6.08. The number of nitrogens with two attached hydrogens (primary N) is 1. The summed E-state index contributed by atoms with van der Waals surface area (Å²) in [5, 5.41) is 8.97. The molecule has 0 atom stereocenters. The fourth-order valence-electron chi connectivity index (χ4n) is 1.77. The van der Waals surface area contributed by atoms with E-state index in [1.165, 1.54) is 5.56 Å². The van der Waals surface area contributed by atoms with Crippen LogP contribution in [0.1, 0.15) is 24.5 Å². The molecule has 0 unspecified atom stereocenters. The van der Waals surface area contributed by atoms with Crippen molar-refractivity contribution in [2.45, 2.75) is 26.4 Å². The molecule has 0 saturated heterocycles. The van der Waals surface area contributed by atoms with Crippen LogP contribution in [0.2, 0.25) is 0 Å². The normalized spacial score (nSPS) is 11.0. The van der Waals surface area contributed by atoms with E-state index in [0.717, 1.165) is 31.6 Å². The first-order chi connectivity index (χ1) is 7.80. The van der Waals surface area contributed by atoms with E-state index >= 15 is 0 Å². The van der Waals surface area contributed by atoms with Crippen LogP contribution in [0.3, 0.4) is 0 Å². The van der Waals surface area contributed by atoms with Crippen molar-refractivity contribution in [1.82, 2.24) is 4.90 Å². The quantitative estimate of drug-likeness (QED) is 0.732. The lowest BCUT2D eigenvalue weighted by atomic mass is 10.1. The van der Waals surface area contributed by atoms with E-state index in [4.69, 9.17) is 10.8 Å². The van der Waals surface area contributed by atoms with Gasteiger partial charge < -0.3 is 10.8 Å². The lowest BCUT2D eigenvalue weighted by Crippen LogP contribution is -2.27. The van der Waals surface area contributed by atoms with E-state index in [2.05, 4.69) is 36.1 Å². The summed E-state index contributed by atoms with van der Waals surface area (Å²) in [6.07, 6.45) is 1.11. The zero-order chi connectivity index (χ0) is 11.8. The van der Waals surface area contributed by atoms with Crippen LogP contribution < -0.4 is 5.73 Å². The molecular weight excluding hydrogens is 200 g/mol. The van der Waals surface area contributed by atoms with Gasteiger partial charge in [0.05, 0.1) is 6.61 Å². The van der Waals surface area contributed by atoms with Gasteiger partial charge in [-0.3, -0.25) is 4.90 Å². The predicted molar refractivity (Wildman–Crippen MR) is 67.0 cm³/mol.